The molecule has 0 aliphatic heterocycles. The SMILES string of the molecule is CCOCn1cc(C(=O)c2ccccc2)c(=O)n(COCC)c1=O. The maximum absolute atomic E-state index is 12.6. The van der Waals surface area contributed by atoms with Gasteiger partial charge in [-0.1, -0.05) is 30.3 Å². The first-order chi connectivity index (χ1) is 11.6. The monoisotopic (exact) mass is 332 g/mol. The van der Waals surface area contributed by atoms with Gasteiger partial charge in [-0.3, -0.25) is 14.2 Å². The summed E-state index contributed by atoms with van der Waals surface area (Å²) in [4.78, 5) is 37.5. The number of rotatable bonds is 8. The van der Waals surface area contributed by atoms with Crippen LogP contribution in [0.25, 0.3) is 0 Å². The van der Waals surface area contributed by atoms with E-state index >= 15 is 0 Å². The van der Waals surface area contributed by atoms with Crippen molar-refractivity contribution in [1.29, 1.82) is 0 Å². The Morgan fingerprint density at radius 2 is 1.62 bits per heavy atom. The molecule has 2 rings (SSSR count). The number of carbonyl (C=O) groups excluding carboxylic acids is 1. The van der Waals surface area contributed by atoms with E-state index in [2.05, 4.69) is 0 Å². The molecule has 0 bridgehead atoms. The average Bonchev–Trinajstić information content (AvgIpc) is 2.61. The molecular weight excluding hydrogens is 312 g/mol. The second kappa shape index (κ2) is 8.37. The Kier molecular flexibility index (Phi) is 6.22. The minimum atomic E-state index is -0.671. The summed E-state index contributed by atoms with van der Waals surface area (Å²) in [5.74, 6) is -0.448. The topological polar surface area (TPSA) is 79.5 Å². The number of hydrogen-bond acceptors (Lipinski definition) is 5. The van der Waals surface area contributed by atoms with Crippen LogP contribution in [0.5, 0.6) is 0 Å². The fourth-order valence-corrected chi connectivity index (χ4v) is 2.13. The number of benzene rings is 1. The van der Waals surface area contributed by atoms with Gasteiger partial charge in [0.1, 0.15) is 19.0 Å². The van der Waals surface area contributed by atoms with E-state index in [1.54, 1.807) is 44.2 Å². The maximum atomic E-state index is 12.6. The van der Waals surface area contributed by atoms with Crippen LogP contribution in [0.1, 0.15) is 29.8 Å². The van der Waals surface area contributed by atoms with E-state index < -0.39 is 17.0 Å². The maximum Gasteiger partial charge on any atom is 0.334 e. The predicted molar refractivity (Wildman–Crippen MR) is 88.1 cm³/mol. The van der Waals surface area contributed by atoms with Gasteiger partial charge in [-0.05, 0) is 13.8 Å². The van der Waals surface area contributed by atoms with Crippen LogP contribution in [-0.2, 0) is 22.9 Å². The highest BCUT2D eigenvalue weighted by molar-refractivity contribution is 6.08. The third-order valence-corrected chi connectivity index (χ3v) is 3.38. The van der Waals surface area contributed by atoms with Gasteiger partial charge >= 0.3 is 5.69 Å². The lowest BCUT2D eigenvalue weighted by molar-refractivity contribution is 0.0656. The lowest BCUT2D eigenvalue weighted by atomic mass is 10.1. The van der Waals surface area contributed by atoms with E-state index in [4.69, 9.17) is 9.47 Å². The molecule has 0 N–H and O–H groups in total. The van der Waals surface area contributed by atoms with Crippen LogP contribution in [0.15, 0.2) is 46.1 Å². The normalized spacial score (nSPS) is 10.8. The summed E-state index contributed by atoms with van der Waals surface area (Å²) in [7, 11) is 0. The van der Waals surface area contributed by atoms with Crippen molar-refractivity contribution in [3.63, 3.8) is 0 Å². The van der Waals surface area contributed by atoms with Gasteiger partial charge in [0.2, 0.25) is 0 Å². The fourth-order valence-electron chi connectivity index (χ4n) is 2.13. The van der Waals surface area contributed by atoms with E-state index in [0.29, 0.717) is 18.8 Å². The Morgan fingerprint density at radius 1 is 1.00 bits per heavy atom. The van der Waals surface area contributed by atoms with Crippen molar-refractivity contribution < 1.29 is 14.3 Å². The molecule has 0 saturated carbocycles. The molecule has 0 radical (unpaired) electrons. The van der Waals surface area contributed by atoms with Crippen LogP contribution in [0.2, 0.25) is 0 Å². The first-order valence-electron chi connectivity index (χ1n) is 7.69. The van der Waals surface area contributed by atoms with Gasteiger partial charge in [0.15, 0.2) is 5.78 Å². The zero-order chi connectivity index (χ0) is 17.5. The Balaban J connectivity index is 2.55. The summed E-state index contributed by atoms with van der Waals surface area (Å²) in [5.41, 5.74) is -0.971. The Bertz CT molecular complexity index is 808. The van der Waals surface area contributed by atoms with E-state index in [0.717, 1.165) is 4.57 Å². The van der Waals surface area contributed by atoms with Gasteiger partial charge in [-0.2, -0.15) is 0 Å². The molecule has 0 atom stereocenters. The highest BCUT2D eigenvalue weighted by Gasteiger charge is 2.18. The highest BCUT2D eigenvalue weighted by atomic mass is 16.5. The number of aromatic nitrogens is 2. The largest absolute Gasteiger partial charge is 0.361 e. The van der Waals surface area contributed by atoms with Crippen LogP contribution < -0.4 is 11.2 Å². The molecule has 0 aliphatic carbocycles. The molecule has 0 unspecified atom stereocenters. The third kappa shape index (κ3) is 3.87. The first kappa shape index (κ1) is 17.8. The number of hydrogen-bond donors (Lipinski definition) is 0. The summed E-state index contributed by atoms with van der Waals surface area (Å²) in [5, 5.41) is 0. The van der Waals surface area contributed by atoms with E-state index in [9.17, 15) is 14.4 Å². The van der Waals surface area contributed by atoms with Gasteiger partial charge in [-0.15, -0.1) is 0 Å². The minimum Gasteiger partial charge on any atom is -0.361 e. The fraction of sp³-hybridized carbons (Fsp3) is 0.353. The molecule has 1 heterocycles. The van der Waals surface area contributed by atoms with E-state index in [-0.39, 0.29) is 19.0 Å². The van der Waals surface area contributed by atoms with Crippen LogP contribution in [0.3, 0.4) is 0 Å². The van der Waals surface area contributed by atoms with Gasteiger partial charge in [0.25, 0.3) is 5.56 Å². The van der Waals surface area contributed by atoms with E-state index in [1.165, 1.54) is 10.8 Å². The molecule has 24 heavy (non-hydrogen) atoms. The Morgan fingerprint density at radius 3 is 2.25 bits per heavy atom. The van der Waals surface area contributed by atoms with Crippen molar-refractivity contribution in [2.45, 2.75) is 27.3 Å². The molecule has 0 aliphatic rings. The van der Waals surface area contributed by atoms with Crippen LogP contribution in [0.4, 0.5) is 0 Å². The summed E-state index contributed by atoms with van der Waals surface area (Å²) >= 11 is 0. The summed E-state index contributed by atoms with van der Waals surface area (Å²) in [6.45, 7) is 4.03. The Labute approximate surface area is 139 Å². The standard InChI is InChI=1S/C17H20N2O5/c1-3-23-11-18-10-14(15(20)13-8-6-5-7-9-13)16(21)19(17(18)22)12-24-4-2/h5-10H,3-4,11-12H2,1-2H3. The lowest BCUT2D eigenvalue weighted by Gasteiger charge is -2.12. The molecule has 1 aromatic carbocycles. The first-order valence-corrected chi connectivity index (χ1v) is 7.69. The molecule has 0 saturated heterocycles. The average molecular weight is 332 g/mol. The second-order valence-corrected chi connectivity index (χ2v) is 4.97. The number of nitrogens with zero attached hydrogens (tertiary/aromatic N) is 2. The molecule has 7 heteroatoms. The summed E-state index contributed by atoms with van der Waals surface area (Å²) in [6.07, 6.45) is 1.25. The highest BCUT2D eigenvalue weighted by Crippen LogP contribution is 2.05. The smallest absolute Gasteiger partial charge is 0.334 e. The summed E-state index contributed by atoms with van der Waals surface area (Å²) < 4.78 is 12.5. The molecule has 1 aromatic heterocycles. The molecule has 0 spiro atoms. The van der Waals surface area contributed by atoms with Crippen LogP contribution in [0, 0.1) is 0 Å². The molecule has 0 amide bonds. The van der Waals surface area contributed by atoms with E-state index in [1.807, 2.05) is 0 Å². The third-order valence-electron chi connectivity index (χ3n) is 3.38. The van der Waals surface area contributed by atoms with Gasteiger partial charge in [-0.25, -0.2) is 9.36 Å². The van der Waals surface area contributed by atoms with Gasteiger partial charge in [0, 0.05) is 25.0 Å². The summed E-state index contributed by atoms with van der Waals surface area (Å²) in [6, 6.07) is 8.43. The van der Waals surface area contributed by atoms with Crippen molar-refractivity contribution in [1.82, 2.24) is 9.13 Å². The molecular formula is C17H20N2O5. The van der Waals surface area contributed by atoms with Crippen molar-refractivity contribution in [3.05, 3.63) is 68.5 Å². The zero-order valence-corrected chi connectivity index (χ0v) is 13.7. The molecule has 128 valence electrons. The minimum absolute atomic E-state index is 0.0448. The van der Waals surface area contributed by atoms with Gasteiger partial charge in [0.05, 0.1) is 0 Å². The van der Waals surface area contributed by atoms with Crippen LogP contribution in [-0.4, -0.2) is 28.1 Å². The predicted octanol–water partition coefficient (Wildman–Crippen LogP) is 1.23. The molecule has 2 aromatic rings. The van der Waals surface area contributed by atoms with Crippen molar-refractivity contribution >= 4 is 5.78 Å². The van der Waals surface area contributed by atoms with Crippen molar-refractivity contribution in [3.8, 4) is 0 Å². The van der Waals surface area contributed by atoms with Crippen LogP contribution >= 0.6 is 0 Å². The number of ketones is 1. The Hall–Kier alpha value is -2.51. The quantitative estimate of drug-likeness (QED) is 0.679. The lowest BCUT2D eigenvalue weighted by Crippen LogP contribution is -2.43. The molecule has 0 fully saturated rings. The molecule has 7 nitrogen and oxygen atoms in total. The van der Waals surface area contributed by atoms with Gasteiger partial charge < -0.3 is 9.47 Å². The number of ether oxygens (including phenoxy) is 2. The van der Waals surface area contributed by atoms with Crippen molar-refractivity contribution in [2.24, 2.45) is 0 Å². The zero-order valence-electron chi connectivity index (χ0n) is 13.7. The number of carbonyl (C=O) groups is 1. The second-order valence-electron chi connectivity index (χ2n) is 4.97. The van der Waals surface area contributed by atoms with Crippen molar-refractivity contribution in [2.75, 3.05) is 13.2 Å².